The molecule has 5 N–H and O–H groups in total. The Hall–Kier alpha value is -2.52. The van der Waals surface area contributed by atoms with Crippen LogP contribution in [0.1, 0.15) is 0 Å². The number of nitrogen functional groups attached to an aromatic ring is 1. The zero-order chi connectivity index (χ0) is 14.7. The fraction of sp³-hybridized carbons (Fsp3) is 0.167. The topological polar surface area (TPSA) is 122 Å². The van der Waals surface area contributed by atoms with Gasteiger partial charge in [0.15, 0.2) is 5.13 Å². The molecule has 0 aliphatic heterocycles. The first kappa shape index (κ1) is 13.5. The fourth-order valence-electron chi connectivity index (χ4n) is 1.72. The van der Waals surface area contributed by atoms with Crippen LogP contribution in [-0.4, -0.2) is 38.2 Å². The lowest BCUT2D eigenvalue weighted by Crippen LogP contribution is -2.12. The summed E-state index contributed by atoms with van der Waals surface area (Å²) >= 11 is 1.50. The lowest BCUT2D eigenvalue weighted by molar-refractivity contribution is 0.311. The van der Waals surface area contributed by atoms with Crippen molar-refractivity contribution in [3.05, 3.63) is 24.3 Å². The van der Waals surface area contributed by atoms with E-state index in [1.807, 2.05) is 24.3 Å². The predicted octanol–water partition coefficient (Wildman–Crippen LogP) is 1.21. The van der Waals surface area contributed by atoms with Crippen LogP contribution in [0.25, 0.3) is 10.2 Å². The zero-order valence-electron chi connectivity index (χ0n) is 10.9. The monoisotopic (exact) mass is 303 g/mol. The third-order valence-electron chi connectivity index (χ3n) is 2.56. The molecule has 0 radical (unpaired) electrons. The molecule has 0 aliphatic rings. The van der Waals surface area contributed by atoms with E-state index in [0.29, 0.717) is 23.6 Å². The highest BCUT2D eigenvalue weighted by Gasteiger charge is 2.08. The number of anilines is 4. The molecular formula is C12H13N7OS. The third-order valence-corrected chi connectivity index (χ3v) is 3.51. The fourth-order valence-corrected chi connectivity index (χ4v) is 2.58. The van der Waals surface area contributed by atoms with Crippen molar-refractivity contribution in [2.24, 2.45) is 0 Å². The number of aromatic nitrogens is 4. The maximum absolute atomic E-state index is 8.79. The van der Waals surface area contributed by atoms with E-state index in [1.54, 1.807) is 0 Å². The predicted molar refractivity (Wildman–Crippen MR) is 82.7 cm³/mol. The summed E-state index contributed by atoms with van der Waals surface area (Å²) in [5.41, 5.74) is 6.55. The van der Waals surface area contributed by atoms with Crippen molar-refractivity contribution in [2.45, 2.75) is 0 Å². The van der Waals surface area contributed by atoms with E-state index in [9.17, 15) is 0 Å². The Morgan fingerprint density at radius 2 is 1.90 bits per heavy atom. The summed E-state index contributed by atoms with van der Waals surface area (Å²) in [6.07, 6.45) is 0. The van der Waals surface area contributed by atoms with Crippen molar-refractivity contribution in [2.75, 3.05) is 29.5 Å². The number of nitrogens with one attached hydrogen (secondary N) is 2. The van der Waals surface area contributed by atoms with Crippen LogP contribution in [0.4, 0.5) is 23.0 Å². The standard InChI is InChI=1S/C12H13N7OS/c13-9-16-10(14-5-6-20)18-11(17-9)19-12-15-7-3-1-2-4-8(7)21-12/h1-4,20H,5-6H2,(H4,13,14,15,16,17,18,19). The first-order valence-corrected chi connectivity index (χ1v) is 7.05. The molecule has 8 nitrogen and oxygen atoms in total. The SMILES string of the molecule is Nc1nc(NCCO)nc(Nc2nc3ccccc3s2)n1. The van der Waals surface area contributed by atoms with Gasteiger partial charge in [0.2, 0.25) is 17.8 Å². The summed E-state index contributed by atoms with van der Waals surface area (Å²) in [5, 5.41) is 15.3. The van der Waals surface area contributed by atoms with Crippen LogP contribution in [-0.2, 0) is 0 Å². The van der Waals surface area contributed by atoms with E-state index in [0.717, 1.165) is 10.2 Å². The van der Waals surface area contributed by atoms with Gasteiger partial charge in [0, 0.05) is 6.54 Å². The van der Waals surface area contributed by atoms with Crippen LogP contribution >= 0.6 is 11.3 Å². The van der Waals surface area contributed by atoms with Crippen LogP contribution in [0, 0.1) is 0 Å². The molecule has 0 atom stereocenters. The van der Waals surface area contributed by atoms with Crippen molar-refractivity contribution in [3.8, 4) is 0 Å². The summed E-state index contributed by atoms with van der Waals surface area (Å²) in [6, 6.07) is 7.83. The Bertz CT molecular complexity index is 727. The van der Waals surface area contributed by atoms with Gasteiger partial charge in [-0.2, -0.15) is 15.0 Å². The number of nitrogens with zero attached hydrogens (tertiary/aromatic N) is 4. The van der Waals surface area contributed by atoms with Gasteiger partial charge < -0.3 is 16.2 Å². The lowest BCUT2D eigenvalue weighted by Gasteiger charge is -2.06. The van der Waals surface area contributed by atoms with Gasteiger partial charge in [0.05, 0.1) is 16.8 Å². The maximum Gasteiger partial charge on any atom is 0.235 e. The van der Waals surface area contributed by atoms with E-state index < -0.39 is 0 Å². The highest BCUT2D eigenvalue weighted by Crippen LogP contribution is 2.27. The number of para-hydroxylation sites is 1. The van der Waals surface area contributed by atoms with Gasteiger partial charge >= 0.3 is 0 Å². The normalized spacial score (nSPS) is 10.7. The minimum Gasteiger partial charge on any atom is -0.395 e. The largest absolute Gasteiger partial charge is 0.395 e. The highest BCUT2D eigenvalue weighted by atomic mass is 32.1. The minimum absolute atomic E-state index is 0.0216. The molecule has 2 aromatic heterocycles. The summed E-state index contributed by atoms with van der Waals surface area (Å²) in [6.45, 7) is 0.316. The number of hydrogen-bond donors (Lipinski definition) is 4. The maximum atomic E-state index is 8.79. The highest BCUT2D eigenvalue weighted by molar-refractivity contribution is 7.22. The van der Waals surface area contributed by atoms with Crippen molar-refractivity contribution >= 4 is 44.5 Å². The van der Waals surface area contributed by atoms with Crippen molar-refractivity contribution in [3.63, 3.8) is 0 Å². The van der Waals surface area contributed by atoms with Crippen molar-refractivity contribution < 1.29 is 5.11 Å². The Morgan fingerprint density at radius 1 is 1.10 bits per heavy atom. The van der Waals surface area contributed by atoms with Crippen LogP contribution in [0.5, 0.6) is 0 Å². The zero-order valence-corrected chi connectivity index (χ0v) is 11.8. The quantitative estimate of drug-likeness (QED) is 0.555. The van der Waals surface area contributed by atoms with Crippen LogP contribution in [0.2, 0.25) is 0 Å². The number of hydrogen-bond acceptors (Lipinski definition) is 9. The molecule has 0 unspecified atom stereocenters. The average molecular weight is 303 g/mol. The minimum atomic E-state index is -0.0216. The second kappa shape index (κ2) is 5.85. The Morgan fingerprint density at radius 3 is 2.71 bits per heavy atom. The summed E-state index contributed by atoms with van der Waals surface area (Å²) in [4.78, 5) is 16.6. The molecule has 0 saturated carbocycles. The molecule has 3 aromatic rings. The van der Waals surface area contributed by atoms with Gasteiger partial charge in [-0.3, -0.25) is 5.32 Å². The molecule has 0 aliphatic carbocycles. The molecule has 0 fully saturated rings. The van der Waals surface area contributed by atoms with E-state index in [4.69, 9.17) is 10.8 Å². The molecule has 9 heteroatoms. The molecule has 0 spiro atoms. The van der Waals surface area contributed by atoms with E-state index in [-0.39, 0.29) is 12.6 Å². The van der Waals surface area contributed by atoms with E-state index in [2.05, 4.69) is 30.6 Å². The van der Waals surface area contributed by atoms with Crippen LogP contribution < -0.4 is 16.4 Å². The molecule has 0 amide bonds. The Kier molecular flexibility index (Phi) is 3.75. The number of aliphatic hydroxyl groups excluding tert-OH is 1. The first-order valence-electron chi connectivity index (χ1n) is 6.23. The molecule has 2 heterocycles. The number of aliphatic hydroxyl groups is 1. The summed E-state index contributed by atoms with van der Waals surface area (Å²) in [7, 11) is 0. The van der Waals surface area contributed by atoms with E-state index in [1.165, 1.54) is 11.3 Å². The Labute approximate surface area is 124 Å². The van der Waals surface area contributed by atoms with Gasteiger partial charge in [-0.1, -0.05) is 23.5 Å². The van der Waals surface area contributed by atoms with E-state index >= 15 is 0 Å². The number of fused-ring (bicyclic) bond motifs is 1. The van der Waals surface area contributed by atoms with Crippen LogP contribution in [0.15, 0.2) is 24.3 Å². The molecule has 0 saturated heterocycles. The lowest BCUT2D eigenvalue weighted by atomic mass is 10.3. The van der Waals surface area contributed by atoms with Crippen molar-refractivity contribution in [1.82, 2.24) is 19.9 Å². The number of benzene rings is 1. The average Bonchev–Trinajstić information content (AvgIpc) is 2.86. The number of nitrogens with two attached hydrogens (primary N) is 1. The first-order chi connectivity index (χ1) is 10.2. The van der Waals surface area contributed by atoms with Crippen molar-refractivity contribution in [1.29, 1.82) is 0 Å². The Balaban J connectivity index is 1.84. The van der Waals surface area contributed by atoms with Gasteiger partial charge in [0.1, 0.15) is 0 Å². The summed E-state index contributed by atoms with van der Waals surface area (Å²) in [5.74, 6) is 0.705. The van der Waals surface area contributed by atoms with Crippen LogP contribution in [0.3, 0.4) is 0 Å². The molecule has 3 rings (SSSR count). The second-order valence-electron chi connectivity index (χ2n) is 4.10. The van der Waals surface area contributed by atoms with Gasteiger partial charge in [0.25, 0.3) is 0 Å². The second-order valence-corrected chi connectivity index (χ2v) is 5.13. The summed E-state index contributed by atoms with van der Waals surface area (Å²) < 4.78 is 1.07. The molecule has 21 heavy (non-hydrogen) atoms. The molecule has 108 valence electrons. The van der Waals surface area contributed by atoms with Gasteiger partial charge in [-0.25, -0.2) is 4.98 Å². The van der Waals surface area contributed by atoms with Gasteiger partial charge in [-0.05, 0) is 12.1 Å². The number of thiazole rings is 1. The molecular weight excluding hydrogens is 290 g/mol. The molecule has 0 bridgehead atoms. The number of rotatable bonds is 5. The smallest absolute Gasteiger partial charge is 0.235 e. The molecule has 1 aromatic carbocycles. The third kappa shape index (κ3) is 3.15. The van der Waals surface area contributed by atoms with Gasteiger partial charge in [-0.15, -0.1) is 0 Å².